The molecule has 0 amide bonds. The number of benzene rings is 1. The molecule has 1 nitrogen and oxygen atoms in total. The van der Waals surface area contributed by atoms with E-state index in [1.807, 2.05) is 0 Å². The van der Waals surface area contributed by atoms with Crippen LogP contribution in [0.2, 0.25) is 0 Å². The Morgan fingerprint density at radius 2 is 1.79 bits per heavy atom. The summed E-state index contributed by atoms with van der Waals surface area (Å²) in [6, 6.07) is 6.07. The molecule has 0 aromatic heterocycles. The molecular weight excluding hydrogens is 249 g/mol. The minimum absolute atomic E-state index is 0.0474. The monoisotopic (exact) mass is 256 g/mol. The van der Waals surface area contributed by atoms with E-state index in [1.165, 1.54) is 12.1 Å². The second-order valence-electron chi connectivity index (χ2n) is 2.22. The number of hydrogen-bond acceptors (Lipinski definition) is 1. The fourth-order valence-corrected chi connectivity index (χ4v) is 0.935. The Kier molecular flexibility index (Phi) is 7.86. The minimum atomic E-state index is -0.546. The number of rotatable bonds is 2. The number of halogens is 4. The van der Waals surface area contributed by atoms with Crippen molar-refractivity contribution in [3.63, 3.8) is 0 Å². The smallest absolute Gasteiger partial charge is 0.226 e. The van der Waals surface area contributed by atoms with Crippen molar-refractivity contribution in [2.24, 2.45) is 0 Å². The molecule has 5 heteroatoms. The molecule has 0 aliphatic carbocycles. The lowest BCUT2D eigenvalue weighted by molar-refractivity contribution is -0.111. The Morgan fingerprint density at radius 1 is 1.29 bits per heavy atom. The van der Waals surface area contributed by atoms with Crippen LogP contribution in [0.1, 0.15) is 5.56 Å². The van der Waals surface area contributed by atoms with Gasteiger partial charge in [-0.15, -0.1) is 23.2 Å². The third-order valence-corrected chi connectivity index (χ3v) is 1.42. The van der Waals surface area contributed by atoms with Crippen molar-refractivity contribution in [2.45, 2.75) is 6.42 Å². The van der Waals surface area contributed by atoms with Crippen LogP contribution in [0.5, 0.6) is 0 Å². The summed E-state index contributed by atoms with van der Waals surface area (Å²) in [5.74, 6) is -0.387. The zero-order valence-corrected chi connectivity index (χ0v) is 9.41. The van der Waals surface area contributed by atoms with Crippen molar-refractivity contribution < 1.29 is 9.18 Å². The predicted octanol–water partition coefficient (Wildman–Crippen LogP) is 3.56. The van der Waals surface area contributed by atoms with E-state index < -0.39 is 5.24 Å². The highest BCUT2D eigenvalue weighted by atomic mass is 35.5. The normalized spacial score (nSPS) is 8.86. The molecular formula is C9H8Cl3FO. The molecule has 0 fully saturated rings. The topological polar surface area (TPSA) is 17.1 Å². The number of alkyl halides is 2. The van der Waals surface area contributed by atoms with Crippen LogP contribution < -0.4 is 0 Å². The average molecular weight is 258 g/mol. The van der Waals surface area contributed by atoms with E-state index in [0.29, 0.717) is 5.56 Å². The maximum atomic E-state index is 12.7. The highest BCUT2D eigenvalue weighted by Gasteiger charge is 2.03. The van der Waals surface area contributed by atoms with Crippen LogP contribution in [0.4, 0.5) is 4.39 Å². The fourth-order valence-electron chi connectivity index (χ4n) is 0.791. The van der Waals surface area contributed by atoms with Crippen LogP contribution in [-0.2, 0) is 11.2 Å². The van der Waals surface area contributed by atoms with E-state index in [2.05, 4.69) is 0 Å². The maximum absolute atomic E-state index is 12.7. The van der Waals surface area contributed by atoms with Gasteiger partial charge >= 0.3 is 0 Å². The van der Waals surface area contributed by atoms with Crippen molar-refractivity contribution in [2.75, 3.05) is 5.34 Å². The van der Waals surface area contributed by atoms with Gasteiger partial charge in [-0.2, -0.15) is 0 Å². The van der Waals surface area contributed by atoms with Gasteiger partial charge in [-0.3, -0.25) is 4.79 Å². The molecule has 0 atom stereocenters. The van der Waals surface area contributed by atoms with E-state index in [4.69, 9.17) is 34.8 Å². The van der Waals surface area contributed by atoms with Crippen molar-refractivity contribution in [3.8, 4) is 0 Å². The molecule has 0 saturated carbocycles. The van der Waals surface area contributed by atoms with E-state index >= 15 is 0 Å². The molecule has 0 N–H and O–H groups in total. The molecule has 78 valence electrons. The van der Waals surface area contributed by atoms with E-state index in [0.717, 1.165) is 0 Å². The van der Waals surface area contributed by atoms with Gasteiger partial charge in [-0.1, -0.05) is 18.2 Å². The highest BCUT2D eigenvalue weighted by molar-refractivity contribution is 6.63. The van der Waals surface area contributed by atoms with Gasteiger partial charge in [0.15, 0.2) is 0 Å². The molecule has 1 aromatic rings. The lowest BCUT2D eigenvalue weighted by atomic mass is 10.1. The summed E-state index contributed by atoms with van der Waals surface area (Å²) in [6.07, 6.45) is -0.0474. The molecule has 0 aliphatic rings. The SMILES string of the molecule is ClCCl.O=C(Cl)Cc1ccccc1F. The van der Waals surface area contributed by atoms with Gasteiger partial charge in [0.1, 0.15) is 5.82 Å². The van der Waals surface area contributed by atoms with Crippen LogP contribution in [0, 0.1) is 5.82 Å². The Morgan fingerprint density at radius 3 is 2.21 bits per heavy atom. The van der Waals surface area contributed by atoms with Crippen LogP contribution in [0.25, 0.3) is 0 Å². The summed E-state index contributed by atoms with van der Waals surface area (Å²) in [7, 11) is 0. The first kappa shape index (κ1) is 13.7. The summed E-state index contributed by atoms with van der Waals surface area (Å²) in [6.45, 7) is 0. The molecule has 0 radical (unpaired) electrons. The van der Waals surface area contributed by atoms with E-state index in [9.17, 15) is 9.18 Å². The van der Waals surface area contributed by atoms with Crippen LogP contribution in [-0.4, -0.2) is 10.6 Å². The van der Waals surface area contributed by atoms with Gasteiger partial charge in [0.2, 0.25) is 5.24 Å². The van der Waals surface area contributed by atoms with Gasteiger partial charge in [-0.25, -0.2) is 4.39 Å². The Hall–Kier alpha value is -0.310. The maximum Gasteiger partial charge on any atom is 0.226 e. The summed E-state index contributed by atoms with van der Waals surface area (Å²) < 4.78 is 12.7. The Labute approximate surface area is 96.8 Å². The number of hydrogen-bond donors (Lipinski definition) is 0. The van der Waals surface area contributed by atoms with Gasteiger partial charge in [-0.05, 0) is 23.2 Å². The van der Waals surface area contributed by atoms with Crippen LogP contribution in [0.15, 0.2) is 24.3 Å². The van der Waals surface area contributed by atoms with E-state index in [1.54, 1.807) is 12.1 Å². The summed E-state index contributed by atoms with van der Waals surface area (Å²) in [5.41, 5.74) is 0.340. The molecule has 14 heavy (non-hydrogen) atoms. The van der Waals surface area contributed by atoms with Crippen molar-refractivity contribution in [3.05, 3.63) is 35.6 Å². The van der Waals surface area contributed by atoms with Crippen LogP contribution >= 0.6 is 34.8 Å². The minimum Gasteiger partial charge on any atom is -0.281 e. The number of carbonyl (C=O) groups is 1. The lowest BCUT2D eigenvalue weighted by Gasteiger charge is -1.96. The zero-order valence-electron chi connectivity index (χ0n) is 7.14. The molecule has 1 rings (SSSR count). The second kappa shape index (κ2) is 8.04. The first-order valence-corrected chi connectivity index (χ1v) is 5.10. The average Bonchev–Trinajstić information content (AvgIpc) is 2.09. The highest BCUT2D eigenvalue weighted by Crippen LogP contribution is 2.07. The van der Waals surface area contributed by atoms with Gasteiger partial charge in [0.25, 0.3) is 0 Å². The number of carbonyl (C=O) groups excluding carboxylic acids is 1. The van der Waals surface area contributed by atoms with Crippen LogP contribution in [0.3, 0.4) is 0 Å². The molecule has 0 heterocycles. The van der Waals surface area contributed by atoms with Gasteiger partial charge in [0.05, 0.1) is 5.34 Å². The third-order valence-electron chi connectivity index (χ3n) is 1.29. The first-order chi connectivity index (χ1) is 6.61. The predicted molar refractivity (Wildman–Crippen MR) is 57.5 cm³/mol. The Bertz CT molecular complexity index is 291. The summed E-state index contributed by atoms with van der Waals surface area (Å²) in [4.78, 5) is 10.4. The van der Waals surface area contributed by atoms with Crippen molar-refractivity contribution >= 4 is 40.0 Å². The molecule has 0 unspecified atom stereocenters. The zero-order chi connectivity index (χ0) is 11.0. The summed E-state index contributed by atoms with van der Waals surface area (Å²) >= 11 is 14.6. The first-order valence-electron chi connectivity index (χ1n) is 3.65. The molecule has 0 spiro atoms. The second-order valence-corrected chi connectivity index (χ2v) is 3.45. The van der Waals surface area contributed by atoms with Crippen molar-refractivity contribution in [1.82, 2.24) is 0 Å². The summed E-state index contributed by atoms with van der Waals surface area (Å²) in [5, 5.41) is -0.352. The third kappa shape index (κ3) is 6.19. The molecule has 0 saturated heterocycles. The molecule has 1 aromatic carbocycles. The lowest BCUT2D eigenvalue weighted by Crippen LogP contribution is -1.95. The Balaban J connectivity index is 0.000000500. The standard InChI is InChI=1S/C8H6ClFO.CH2Cl2/c9-8(11)5-6-3-1-2-4-7(6)10;2-1-3/h1-4H,5H2;1H2. The van der Waals surface area contributed by atoms with E-state index in [-0.39, 0.29) is 17.6 Å². The quantitative estimate of drug-likeness (QED) is 0.585. The van der Waals surface area contributed by atoms with Gasteiger partial charge in [0, 0.05) is 6.42 Å². The van der Waals surface area contributed by atoms with Gasteiger partial charge < -0.3 is 0 Å². The largest absolute Gasteiger partial charge is 0.281 e. The molecule has 0 aliphatic heterocycles. The molecule has 0 bridgehead atoms. The van der Waals surface area contributed by atoms with Crippen molar-refractivity contribution in [1.29, 1.82) is 0 Å². The fraction of sp³-hybridized carbons (Fsp3) is 0.222.